The first-order chi connectivity index (χ1) is 28.8. The predicted octanol–water partition coefficient (Wildman–Crippen LogP) is 15.9. The molecule has 0 bridgehead atoms. The summed E-state index contributed by atoms with van der Waals surface area (Å²) in [6.45, 7) is 0. The molecule has 0 radical (unpaired) electrons. The molecule has 0 atom stereocenters. The fraction of sp³-hybridized carbons (Fsp3) is 0. The van der Waals surface area contributed by atoms with Crippen LogP contribution in [0.25, 0.3) is 99.2 Å². The van der Waals surface area contributed by atoms with Crippen LogP contribution >= 0.6 is 0 Å². The summed E-state index contributed by atoms with van der Waals surface area (Å²) in [6.07, 6.45) is 0. The zero-order chi connectivity index (χ0) is 38.2. The van der Waals surface area contributed by atoms with Crippen molar-refractivity contribution in [1.29, 1.82) is 0 Å². The van der Waals surface area contributed by atoms with E-state index in [1.54, 1.807) is 0 Å². The summed E-state index contributed by atoms with van der Waals surface area (Å²) in [4.78, 5) is 2.33. The first kappa shape index (κ1) is 32.4. The van der Waals surface area contributed by atoms with Crippen LogP contribution in [0, 0.1) is 0 Å². The Bertz CT molecular complexity index is 3500. The monoisotopic (exact) mass is 743 g/mol. The van der Waals surface area contributed by atoms with Crippen LogP contribution in [0.3, 0.4) is 0 Å². The van der Waals surface area contributed by atoms with E-state index in [1.165, 1.54) is 0 Å². The normalized spacial score (nSPS) is 11.8. The largest absolute Gasteiger partial charge is 0.456 e. The molecule has 0 unspecified atom stereocenters. The molecule has 0 amide bonds. The molecule has 58 heavy (non-hydrogen) atoms. The van der Waals surface area contributed by atoms with Crippen LogP contribution in [0.4, 0.5) is 17.1 Å². The van der Waals surface area contributed by atoms with E-state index in [0.717, 1.165) is 116 Å². The first-order valence-corrected chi connectivity index (χ1v) is 19.6. The second-order valence-electron chi connectivity index (χ2n) is 14.8. The van der Waals surface area contributed by atoms with Crippen molar-refractivity contribution in [2.24, 2.45) is 0 Å². The third-order valence-corrected chi connectivity index (χ3v) is 11.5. The highest BCUT2D eigenvalue weighted by molar-refractivity contribution is 6.23. The maximum absolute atomic E-state index is 6.75. The summed E-state index contributed by atoms with van der Waals surface area (Å²) >= 11 is 0. The van der Waals surface area contributed by atoms with E-state index in [-0.39, 0.29) is 0 Å². The second kappa shape index (κ2) is 12.9. The van der Waals surface area contributed by atoms with E-state index >= 15 is 0 Å². The summed E-state index contributed by atoms with van der Waals surface area (Å²) < 4.78 is 19.9. The van der Waals surface area contributed by atoms with Crippen LogP contribution in [0.15, 0.2) is 213 Å². The molecule has 0 aliphatic heterocycles. The lowest BCUT2D eigenvalue weighted by Gasteiger charge is -2.28. The maximum atomic E-state index is 6.75. The summed E-state index contributed by atoms with van der Waals surface area (Å²) in [5.41, 5.74) is 14.8. The number of anilines is 3. The van der Waals surface area contributed by atoms with Gasteiger partial charge in [-0.05, 0) is 76.9 Å². The van der Waals surface area contributed by atoms with Gasteiger partial charge in [-0.25, -0.2) is 0 Å². The average Bonchev–Trinajstić information content (AvgIpc) is 3.98. The van der Waals surface area contributed by atoms with Crippen molar-refractivity contribution in [3.05, 3.63) is 200 Å². The molecule has 0 fully saturated rings. The van der Waals surface area contributed by atoms with Crippen molar-refractivity contribution in [2.75, 3.05) is 4.90 Å². The molecule has 272 valence electrons. The van der Waals surface area contributed by atoms with E-state index in [2.05, 4.69) is 175 Å². The van der Waals surface area contributed by atoms with Gasteiger partial charge in [0.2, 0.25) is 0 Å². The molecule has 12 aromatic rings. The zero-order valence-corrected chi connectivity index (χ0v) is 31.2. The molecule has 4 nitrogen and oxygen atoms in total. The lowest BCUT2D eigenvalue weighted by Crippen LogP contribution is -2.11. The van der Waals surface area contributed by atoms with Gasteiger partial charge in [0.25, 0.3) is 0 Å². The van der Waals surface area contributed by atoms with Crippen molar-refractivity contribution in [3.8, 4) is 33.4 Å². The van der Waals surface area contributed by atoms with Crippen LogP contribution in [0.2, 0.25) is 0 Å². The van der Waals surface area contributed by atoms with Gasteiger partial charge in [-0.15, -0.1) is 0 Å². The molecule has 3 aromatic heterocycles. The molecule has 0 N–H and O–H groups in total. The van der Waals surface area contributed by atoms with Crippen LogP contribution in [-0.4, -0.2) is 0 Å². The Hall–Kier alpha value is -7.82. The fourth-order valence-corrected chi connectivity index (χ4v) is 8.82. The van der Waals surface area contributed by atoms with Crippen molar-refractivity contribution >= 4 is 82.9 Å². The van der Waals surface area contributed by atoms with Crippen molar-refractivity contribution in [3.63, 3.8) is 0 Å². The summed E-state index contributed by atoms with van der Waals surface area (Å²) in [6, 6.07) is 70.1. The van der Waals surface area contributed by atoms with Gasteiger partial charge in [-0.2, -0.15) is 0 Å². The van der Waals surface area contributed by atoms with Crippen LogP contribution < -0.4 is 4.90 Å². The fourth-order valence-electron chi connectivity index (χ4n) is 8.82. The number of fused-ring (bicyclic) bond motifs is 9. The number of hydrogen-bond acceptors (Lipinski definition) is 4. The molecule has 0 saturated heterocycles. The lowest BCUT2D eigenvalue weighted by molar-refractivity contribution is 0.664. The van der Waals surface area contributed by atoms with Gasteiger partial charge in [0.05, 0.1) is 11.4 Å². The molecule has 9 aromatic carbocycles. The Morgan fingerprint density at radius 1 is 0.310 bits per heavy atom. The van der Waals surface area contributed by atoms with Crippen LogP contribution in [0.1, 0.15) is 0 Å². The minimum absolute atomic E-state index is 0.840. The molecule has 4 heteroatoms. The third kappa shape index (κ3) is 5.02. The summed E-state index contributed by atoms with van der Waals surface area (Å²) in [5.74, 6) is 0. The van der Waals surface area contributed by atoms with E-state index in [4.69, 9.17) is 13.3 Å². The highest BCUT2D eigenvalue weighted by Gasteiger charge is 2.23. The minimum atomic E-state index is 0.840. The predicted molar refractivity (Wildman–Crippen MR) is 239 cm³/mol. The van der Waals surface area contributed by atoms with Gasteiger partial charge in [-0.3, -0.25) is 0 Å². The van der Waals surface area contributed by atoms with E-state index in [0.29, 0.717) is 0 Å². The molecule has 0 aliphatic rings. The molecule has 0 spiro atoms. The van der Waals surface area contributed by atoms with Crippen molar-refractivity contribution in [2.45, 2.75) is 0 Å². The van der Waals surface area contributed by atoms with E-state index < -0.39 is 0 Å². The molecule has 0 saturated carbocycles. The van der Waals surface area contributed by atoms with Gasteiger partial charge in [0.1, 0.15) is 27.9 Å². The SMILES string of the molecule is c1ccc(-c2ccccc2N(c2ccc(-c3ccc4oc5c(-c6ccccc6)c6c(cc5c4c3)oc3ccccc36)cc2)c2cccc3c2oc2ccccc23)cc1. The molecule has 12 rings (SSSR count). The average molecular weight is 744 g/mol. The quantitative estimate of drug-likeness (QED) is 0.170. The molecule has 3 heterocycles. The Balaban J connectivity index is 1.02. The summed E-state index contributed by atoms with van der Waals surface area (Å²) in [7, 11) is 0. The smallest absolute Gasteiger partial charge is 0.159 e. The highest BCUT2D eigenvalue weighted by atomic mass is 16.3. The number of hydrogen-bond donors (Lipinski definition) is 0. The van der Waals surface area contributed by atoms with Gasteiger partial charge >= 0.3 is 0 Å². The standard InChI is InChI=1S/C54H33NO3/c1-3-14-35(15-4-1)39-18-7-10-22-45(39)55(46-23-13-21-41-40-19-8-11-24-47(40)57-53(41)46)38-29-26-34(27-30-38)37-28-31-49-43(32-37)44-33-50-52(42-20-9-12-25-48(42)56-50)51(54(44)58-49)36-16-5-2-6-17-36/h1-33H. The Kier molecular flexibility index (Phi) is 7.20. The molecular formula is C54H33NO3. The topological polar surface area (TPSA) is 42.7 Å². The van der Waals surface area contributed by atoms with E-state index in [9.17, 15) is 0 Å². The number of para-hydroxylation sites is 4. The van der Waals surface area contributed by atoms with Crippen LogP contribution in [0.5, 0.6) is 0 Å². The van der Waals surface area contributed by atoms with Gasteiger partial charge in [-0.1, -0.05) is 146 Å². The first-order valence-electron chi connectivity index (χ1n) is 19.6. The Morgan fingerprint density at radius 3 is 1.72 bits per heavy atom. The van der Waals surface area contributed by atoms with Gasteiger partial charge < -0.3 is 18.2 Å². The zero-order valence-electron chi connectivity index (χ0n) is 31.2. The number of rotatable bonds is 6. The van der Waals surface area contributed by atoms with Crippen molar-refractivity contribution in [1.82, 2.24) is 0 Å². The molecule has 0 aliphatic carbocycles. The second-order valence-corrected chi connectivity index (χ2v) is 14.8. The maximum Gasteiger partial charge on any atom is 0.159 e. The third-order valence-electron chi connectivity index (χ3n) is 11.5. The van der Waals surface area contributed by atoms with Crippen molar-refractivity contribution < 1.29 is 13.3 Å². The number of benzene rings is 9. The molecular weight excluding hydrogens is 711 g/mol. The number of nitrogens with zero attached hydrogens (tertiary/aromatic N) is 1. The van der Waals surface area contributed by atoms with E-state index in [1.807, 2.05) is 30.3 Å². The highest BCUT2D eigenvalue weighted by Crippen LogP contribution is 2.47. The summed E-state index contributed by atoms with van der Waals surface area (Å²) in [5, 5.41) is 6.41. The Labute approximate surface area is 333 Å². The lowest BCUT2D eigenvalue weighted by atomic mass is 9.96. The van der Waals surface area contributed by atoms with Gasteiger partial charge in [0.15, 0.2) is 5.58 Å². The minimum Gasteiger partial charge on any atom is -0.456 e. The number of furan rings is 3. The Morgan fingerprint density at radius 2 is 0.914 bits per heavy atom. The van der Waals surface area contributed by atoms with Gasteiger partial charge in [0, 0.05) is 49.1 Å². The van der Waals surface area contributed by atoms with Crippen LogP contribution in [-0.2, 0) is 0 Å².